The fourth-order valence-electron chi connectivity index (χ4n) is 3.81. The van der Waals surface area contributed by atoms with Crippen molar-refractivity contribution in [1.82, 2.24) is 15.5 Å². The lowest BCUT2D eigenvalue weighted by Crippen LogP contribution is -2.50. The molecule has 0 bridgehead atoms. The minimum Gasteiger partial charge on any atom is -0.357 e. The lowest BCUT2D eigenvalue weighted by molar-refractivity contribution is 0.115. The molecule has 1 heterocycles. The lowest BCUT2D eigenvalue weighted by atomic mass is 10.0. The molecule has 0 radical (unpaired) electrons. The van der Waals surface area contributed by atoms with E-state index in [9.17, 15) is 12.8 Å². The lowest BCUT2D eigenvalue weighted by Gasteiger charge is -2.38. The number of halogens is 2. The molecule has 1 aliphatic heterocycles. The molecular weight excluding hydrogens is 518 g/mol. The van der Waals surface area contributed by atoms with Crippen LogP contribution >= 0.6 is 24.0 Å². The van der Waals surface area contributed by atoms with Crippen LogP contribution in [0.1, 0.15) is 51.2 Å². The molecule has 0 amide bonds. The van der Waals surface area contributed by atoms with E-state index in [0.717, 1.165) is 13.1 Å². The number of likely N-dealkylation sites (tertiary alicyclic amines) is 1. The van der Waals surface area contributed by atoms with E-state index in [1.54, 1.807) is 0 Å². The largest absolute Gasteiger partial charge is 0.357 e. The van der Waals surface area contributed by atoms with Gasteiger partial charge in [-0.15, -0.1) is 24.0 Å². The molecule has 0 spiro atoms. The van der Waals surface area contributed by atoms with Crippen LogP contribution in [0.4, 0.5) is 4.39 Å². The van der Waals surface area contributed by atoms with Gasteiger partial charge in [-0.3, -0.25) is 4.90 Å². The molecule has 9 heteroatoms. The van der Waals surface area contributed by atoms with E-state index in [1.165, 1.54) is 43.7 Å². The number of benzene rings is 1. The predicted octanol–water partition coefficient (Wildman–Crippen LogP) is 3.31. The van der Waals surface area contributed by atoms with Crippen LogP contribution in [0.2, 0.25) is 0 Å². The maximum atomic E-state index is 13.7. The van der Waals surface area contributed by atoms with E-state index in [4.69, 9.17) is 0 Å². The van der Waals surface area contributed by atoms with Gasteiger partial charge in [0.2, 0.25) is 0 Å². The van der Waals surface area contributed by atoms with Crippen LogP contribution in [0.25, 0.3) is 0 Å². The minimum atomic E-state index is -3.21. The highest BCUT2D eigenvalue weighted by Crippen LogP contribution is 2.19. The van der Waals surface area contributed by atoms with Crippen molar-refractivity contribution in [1.29, 1.82) is 0 Å². The summed E-state index contributed by atoms with van der Waals surface area (Å²) >= 11 is 0. The Hall–Kier alpha value is -0.940. The zero-order valence-corrected chi connectivity index (χ0v) is 21.6. The fraction of sp³-hybridized carbons (Fsp3) is 0.667. The van der Waals surface area contributed by atoms with Gasteiger partial charge in [0.25, 0.3) is 0 Å². The molecule has 1 fully saturated rings. The number of hydrogen-bond acceptors (Lipinski definition) is 4. The Labute approximate surface area is 198 Å². The smallest absolute Gasteiger partial charge is 0.191 e. The van der Waals surface area contributed by atoms with Crippen LogP contribution in [-0.4, -0.2) is 57.3 Å². The first-order valence-electron chi connectivity index (χ1n) is 10.4. The van der Waals surface area contributed by atoms with E-state index < -0.39 is 15.7 Å². The number of hydrogen-bond donors (Lipinski definition) is 2. The number of nitrogens with zero attached hydrogens (tertiary/aromatic N) is 2. The molecule has 6 nitrogen and oxygen atoms in total. The molecule has 1 aromatic rings. The van der Waals surface area contributed by atoms with Crippen molar-refractivity contribution in [3.05, 3.63) is 35.1 Å². The summed E-state index contributed by atoms with van der Waals surface area (Å²) in [5.74, 6) is 0.142. The average molecular weight is 555 g/mol. The van der Waals surface area contributed by atoms with Gasteiger partial charge < -0.3 is 10.6 Å². The summed E-state index contributed by atoms with van der Waals surface area (Å²) in [4.78, 5) is 7.09. The highest BCUT2D eigenvalue weighted by molar-refractivity contribution is 14.0. The van der Waals surface area contributed by atoms with Crippen molar-refractivity contribution in [3.8, 4) is 0 Å². The fourth-order valence-corrected chi connectivity index (χ4v) is 4.65. The van der Waals surface area contributed by atoms with Crippen LogP contribution < -0.4 is 10.6 Å². The summed E-state index contributed by atoms with van der Waals surface area (Å²) in [7, 11) is -3.21. The van der Waals surface area contributed by atoms with Gasteiger partial charge in [-0.1, -0.05) is 12.5 Å². The average Bonchev–Trinajstić information content (AvgIpc) is 2.65. The summed E-state index contributed by atoms with van der Waals surface area (Å²) in [5.41, 5.74) is 1.18. The molecule has 0 aliphatic carbocycles. The van der Waals surface area contributed by atoms with Crippen molar-refractivity contribution in [2.75, 3.05) is 25.9 Å². The van der Waals surface area contributed by atoms with E-state index in [1.807, 2.05) is 6.92 Å². The SMILES string of the molecule is CCNC(=NCc1cc(F)ccc1CS(C)(=O)=O)NCC(C)N1CCCCC1C.I. The van der Waals surface area contributed by atoms with Gasteiger partial charge >= 0.3 is 0 Å². The standard InChI is InChI=1S/C21H35FN4O2S.HI/c1-5-23-21(24-13-17(3)26-11-7-6-8-16(26)2)25-14-19-12-20(22)10-9-18(19)15-29(4,27)28;/h9-10,12,16-17H,5-8,11,13-15H2,1-4H3,(H2,23,24,25);1H. The molecule has 2 unspecified atom stereocenters. The molecule has 0 aromatic heterocycles. The highest BCUT2D eigenvalue weighted by atomic mass is 127. The number of rotatable bonds is 8. The van der Waals surface area contributed by atoms with E-state index >= 15 is 0 Å². The maximum Gasteiger partial charge on any atom is 0.191 e. The van der Waals surface area contributed by atoms with Gasteiger partial charge in [-0.05, 0) is 63.4 Å². The topological polar surface area (TPSA) is 73.8 Å². The van der Waals surface area contributed by atoms with E-state index in [0.29, 0.717) is 35.7 Å². The highest BCUT2D eigenvalue weighted by Gasteiger charge is 2.23. The molecule has 0 saturated carbocycles. The first-order chi connectivity index (χ1) is 13.7. The summed E-state index contributed by atoms with van der Waals surface area (Å²) in [6.07, 6.45) is 4.95. The van der Waals surface area contributed by atoms with Crippen molar-refractivity contribution in [2.24, 2.45) is 4.99 Å². The summed E-state index contributed by atoms with van der Waals surface area (Å²) in [5, 5.41) is 6.59. The Morgan fingerprint density at radius 2 is 2.03 bits per heavy atom. The molecule has 30 heavy (non-hydrogen) atoms. The summed E-state index contributed by atoms with van der Waals surface area (Å²) in [6.45, 7) is 9.29. The zero-order valence-electron chi connectivity index (χ0n) is 18.4. The van der Waals surface area contributed by atoms with Crippen molar-refractivity contribution in [3.63, 3.8) is 0 Å². The Morgan fingerprint density at radius 1 is 1.30 bits per heavy atom. The molecular formula is C21H36FIN4O2S. The first kappa shape index (κ1) is 27.1. The molecule has 1 saturated heterocycles. The van der Waals surface area contributed by atoms with Gasteiger partial charge in [-0.2, -0.15) is 0 Å². The third-order valence-electron chi connectivity index (χ3n) is 5.32. The zero-order chi connectivity index (χ0) is 21.4. The Morgan fingerprint density at radius 3 is 2.67 bits per heavy atom. The second-order valence-corrected chi connectivity index (χ2v) is 10.1. The number of nitrogens with one attached hydrogen (secondary N) is 2. The quantitative estimate of drug-likeness (QED) is 0.293. The van der Waals surface area contributed by atoms with Crippen LogP contribution in [0.5, 0.6) is 0 Å². The first-order valence-corrected chi connectivity index (χ1v) is 12.5. The van der Waals surface area contributed by atoms with E-state index in [-0.39, 0.29) is 36.3 Å². The molecule has 2 atom stereocenters. The van der Waals surface area contributed by atoms with Gasteiger partial charge in [0.1, 0.15) is 5.82 Å². The van der Waals surface area contributed by atoms with Crippen LogP contribution in [0, 0.1) is 5.82 Å². The number of sulfone groups is 1. The Balaban J connectivity index is 0.00000450. The molecule has 2 N–H and O–H groups in total. The van der Waals surface area contributed by atoms with Gasteiger partial charge in [0.05, 0.1) is 12.3 Å². The van der Waals surface area contributed by atoms with Crippen LogP contribution in [-0.2, 0) is 22.1 Å². The van der Waals surface area contributed by atoms with Gasteiger partial charge in [0, 0.05) is 31.4 Å². The predicted molar refractivity (Wildman–Crippen MR) is 133 cm³/mol. The third-order valence-corrected chi connectivity index (χ3v) is 6.16. The van der Waals surface area contributed by atoms with Crippen molar-refractivity contribution < 1.29 is 12.8 Å². The van der Waals surface area contributed by atoms with Crippen LogP contribution in [0.15, 0.2) is 23.2 Å². The second-order valence-electron chi connectivity index (χ2n) is 7.99. The van der Waals surface area contributed by atoms with Crippen molar-refractivity contribution >= 4 is 39.8 Å². The number of guanidine groups is 1. The molecule has 2 rings (SSSR count). The van der Waals surface area contributed by atoms with E-state index in [2.05, 4.69) is 34.4 Å². The second kappa shape index (κ2) is 12.8. The molecule has 1 aliphatic rings. The number of piperidine rings is 1. The Bertz CT molecular complexity index is 804. The van der Waals surface area contributed by atoms with Gasteiger partial charge in [-0.25, -0.2) is 17.8 Å². The molecule has 172 valence electrons. The minimum absolute atomic E-state index is 0. The summed E-state index contributed by atoms with van der Waals surface area (Å²) < 4.78 is 37.1. The van der Waals surface area contributed by atoms with Crippen molar-refractivity contribution in [2.45, 2.75) is 64.4 Å². The maximum absolute atomic E-state index is 13.7. The number of aliphatic imine (C=N–C) groups is 1. The summed E-state index contributed by atoms with van der Waals surface area (Å²) in [6, 6.07) is 5.15. The van der Waals surface area contributed by atoms with Crippen LogP contribution in [0.3, 0.4) is 0 Å². The van der Waals surface area contributed by atoms with Gasteiger partial charge in [0.15, 0.2) is 15.8 Å². The molecule has 1 aromatic carbocycles. The Kier molecular flexibility index (Phi) is 11.6. The third kappa shape index (κ3) is 9.05. The monoisotopic (exact) mass is 554 g/mol. The normalized spacial score (nSPS) is 19.1.